The number of imidazole rings is 1. The normalized spacial score (nSPS) is 10.6. The Balaban J connectivity index is 1.79. The van der Waals surface area contributed by atoms with E-state index in [0.29, 0.717) is 6.54 Å². The molecule has 0 aliphatic heterocycles. The monoisotopic (exact) mass is 322 g/mol. The molecule has 3 rings (SSSR count). The zero-order chi connectivity index (χ0) is 16.9. The molecule has 0 unspecified atom stereocenters. The Labute approximate surface area is 142 Å². The molecule has 1 aromatic carbocycles. The van der Waals surface area contributed by atoms with Crippen LogP contribution >= 0.6 is 0 Å². The summed E-state index contributed by atoms with van der Waals surface area (Å²) in [5.74, 6) is 2.69. The van der Waals surface area contributed by atoms with E-state index in [1.54, 1.807) is 12.4 Å². The van der Waals surface area contributed by atoms with Gasteiger partial charge in [-0.25, -0.2) is 15.0 Å². The predicted octanol–water partition coefficient (Wildman–Crippen LogP) is 2.42. The maximum atomic E-state index is 4.51. The van der Waals surface area contributed by atoms with Gasteiger partial charge in [0.2, 0.25) is 0 Å². The summed E-state index contributed by atoms with van der Waals surface area (Å²) < 4.78 is 2.16. The zero-order valence-corrected chi connectivity index (χ0v) is 14.3. The fourth-order valence-electron chi connectivity index (χ4n) is 2.61. The van der Waals surface area contributed by atoms with Crippen LogP contribution in [0.4, 0.5) is 11.6 Å². The summed E-state index contributed by atoms with van der Waals surface area (Å²) in [6.45, 7) is 1.48. The van der Waals surface area contributed by atoms with Crippen molar-refractivity contribution in [2.75, 3.05) is 30.9 Å². The summed E-state index contributed by atoms with van der Waals surface area (Å²) in [5, 5.41) is 0. The third kappa shape index (κ3) is 3.53. The average Bonchev–Trinajstić information content (AvgIpc) is 3.02. The highest BCUT2D eigenvalue weighted by Gasteiger charge is 2.14. The van der Waals surface area contributed by atoms with Crippen molar-refractivity contribution < 1.29 is 0 Å². The molecule has 0 saturated heterocycles. The van der Waals surface area contributed by atoms with Crippen LogP contribution < -0.4 is 9.80 Å². The molecule has 0 spiro atoms. The fraction of sp³-hybridized carbons (Fsp3) is 0.278. The summed E-state index contributed by atoms with van der Waals surface area (Å²) in [6.07, 6.45) is 7.29. The minimum atomic E-state index is 0.666. The van der Waals surface area contributed by atoms with Gasteiger partial charge >= 0.3 is 0 Å². The first-order chi connectivity index (χ1) is 11.6. The van der Waals surface area contributed by atoms with Gasteiger partial charge in [-0.15, -0.1) is 0 Å². The van der Waals surface area contributed by atoms with Gasteiger partial charge < -0.3 is 14.4 Å². The van der Waals surface area contributed by atoms with E-state index in [1.807, 2.05) is 44.5 Å². The Kier molecular flexibility index (Phi) is 4.74. The molecule has 0 fully saturated rings. The number of rotatable bonds is 6. The third-order valence-electron chi connectivity index (χ3n) is 3.82. The maximum absolute atomic E-state index is 4.51. The maximum Gasteiger partial charge on any atom is 0.172 e. The molecular formula is C18H22N6. The molecule has 124 valence electrons. The number of aromatic nitrogens is 4. The van der Waals surface area contributed by atoms with Crippen molar-refractivity contribution in [1.82, 2.24) is 19.5 Å². The van der Waals surface area contributed by atoms with Gasteiger partial charge in [0.25, 0.3) is 0 Å². The SMILES string of the molecule is CN(C)c1nccnc1N(C)Cc1nccn1Cc1ccccc1. The predicted molar refractivity (Wildman–Crippen MR) is 96.2 cm³/mol. The molecule has 0 saturated carbocycles. The summed E-state index contributed by atoms with van der Waals surface area (Å²) in [4.78, 5) is 17.4. The molecule has 2 heterocycles. The highest BCUT2D eigenvalue weighted by molar-refractivity contribution is 5.60. The molecule has 0 bridgehead atoms. The van der Waals surface area contributed by atoms with Gasteiger partial charge in [-0.1, -0.05) is 30.3 Å². The lowest BCUT2D eigenvalue weighted by atomic mass is 10.2. The highest BCUT2D eigenvalue weighted by atomic mass is 15.3. The van der Waals surface area contributed by atoms with Crippen LogP contribution in [0.15, 0.2) is 55.1 Å². The topological polar surface area (TPSA) is 50.1 Å². The summed E-state index contributed by atoms with van der Waals surface area (Å²) in [5.41, 5.74) is 1.26. The largest absolute Gasteiger partial charge is 0.360 e. The van der Waals surface area contributed by atoms with Gasteiger partial charge in [0.05, 0.1) is 6.54 Å². The second-order valence-corrected chi connectivity index (χ2v) is 5.91. The molecule has 6 nitrogen and oxygen atoms in total. The molecular weight excluding hydrogens is 300 g/mol. The Hall–Kier alpha value is -2.89. The van der Waals surface area contributed by atoms with Gasteiger partial charge in [0.1, 0.15) is 5.82 Å². The van der Waals surface area contributed by atoms with Crippen molar-refractivity contribution in [2.24, 2.45) is 0 Å². The molecule has 0 amide bonds. The molecule has 0 aliphatic rings. The van der Waals surface area contributed by atoms with Gasteiger partial charge in [-0.2, -0.15) is 0 Å². The van der Waals surface area contributed by atoms with Crippen molar-refractivity contribution in [3.8, 4) is 0 Å². The van der Waals surface area contributed by atoms with Crippen LogP contribution in [0.3, 0.4) is 0 Å². The minimum absolute atomic E-state index is 0.666. The van der Waals surface area contributed by atoms with Gasteiger partial charge in [-0.3, -0.25) is 0 Å². The molecule has 0 radical (unpaired) electrons. The van der Waals surface area contributed by atoms with Crippen LogP contribution in [0, 0.1) is 0 Å². The summed E-state index contributed by atoms with van der Waals surface area (Å²) in [6, 6.07) is 10.4. The highest BCUT2D eigenvalue weighted by Crippen LogP contribution is 2.22. The minimum Gasteiger partial charge on any atom is -0.360 e. The molecule has 6 heteroatoms. The van der Waals surface area contributed by atoms with Crippen LogP contribution in [0.5, 0.6) is 0 Å². The van der Waals surface area contributed by atoms with Crippen molar-refractivity contribution in [3.63, 3.8) is 0 Å². The lowest BCUT2D eigenvalue weighted by Crippen LogP contribution is -2.24. The Morgan fingerprint density at radius 2 is 1.58 bits per heavy atom. The number of hydrogen-bond acceptors (Lipinski definition) is 5. The second kappa shape index (κ2) is 7.12. The third-order valence-corrected chi connectivity index (χ3v) is 3.82. The van der Waals surface area contributed by atoms with E-state index in [4.69, 9.17) is 0 Å². The van der Waals surface area contributed by atoms with Crippen molar-refractivity contribution in [3.05, 3.63) is 66.5 Å². The van der Waals surface area contributed by atoms with Gasteiger partial charge in [-0.05, 0) is 5.56 Å². The molecule has 3 aromatic rings. The van der Waals surface area contributed by atoms with E-state index in [9.17, 15) is 0 Å². The lowest BCUT2D eigenvalue weighted by Gasteiger charge is -2.23. The van der Waals surface area contributed by atoms with Gasteiger partial charge in [0, 0.05) is 52.5 Å². The van der Waals surface area contributed by atoms with Crippen molar-refractivity contribution in [2.45, 2.75) is 13.1 Å². The first kappa shape index (κ1) is 16.0. The number of benzene rings is 1. The van der Waals surface area contributed by atoms with Gasteiger partial charge in [0.15, 0.2) is 11.6 Å². The van der Waals surface area contributed by atoms with Crippen LogP contribution in [0.2, 0.25) is 0 Å². The van der Waals surface area contributed by atoms with E-state index in [2.05, 4.69) is 48.7 Å². The molecule has 0 aliphatic carbocycles. The number of nitrogens with zero attached hydrogens (tertiary/aromatic N) is 6. The van der Waals surface area contributed by atoms with E-state index in [1.165, 1.54) is 5.56 Å². The van der Waals surface area contributed by atoms with E-state index < -0.39 is 0 Å². The van der Waals surface area contributed by atoms with E-state index >= 15 is 0 Å². The van der Waals surface area contributed by atoms with Crippen molar-refractivity contribution in [1.29, 1.82) is 0 Å². The first-order valence-corrected chi connectivity index (χ1v) is 7.88. The zero-order valence-electron chi connectivity index (χ0n) is 14.3. The average molecular weight is 322 g/mol. The molecule has 24 heavy (non-hydrogen) atoms. The standard InChI is InChI=1S/C18H22N6/c1-22(2)17-18(21-10-9-20-17)23(3)14-16-19-11-12-24(16)13-15-7-5-4-6-8-15/h4-12H,13-14H2,1-3H3. The van der Waals surface area contributed by atoms with E-state index in [0.717, 1.165) is 24.0 Å². The Bertz CT molecular complexity index is 781. The van der Waals surface area contributed by atoms with Crippen LogP contribution in [0.1, 0.15) is 11.4 Å². The summed E-state index contributed by atoms with van der Waals surface area (Å²) in [7, 11) is 5.95. The second-order valence-electron chi connectivity index (χ2n) is 5.91. The first-order valence-electron chi connectivity index (χ1n) is 7.88. The van der Waals surface area contributed by atoms with Crippen LogP contribution in [-0.2, 0) is 13.1 Å². The molecule has 0 atom stereocenters. The Morgan fingerprint density at radius 3 is 2.29 bits per heavy atom. The van der Waals surface area contributed by atoms with Crippen molar-refractivity contribution >= 4 is 11.6 Å². The lowest BCUT2D eigenvalue weighted by molar-refractivity contribution is 0.703. The fourth-order valence-corrected chi connectivity index (χ4v) is 2.61. The van der Waals surface area contributed by atoms with Crippen LogP contribution in [-0.4, -0.2) is 40.7 Å². The smallest absolute Gasteiger partial charge is 0.172 e. The van der Waals surface area contributed by atoms with Crippen LogP contribution in [0.25, 0.3) is 0 Å². The quantitative estimate of drug-likeness (QED) is 0.697. The summed E-state index contributed by atoms with van der Waals surface area (Å²) >= 11 is 0. The molecule has 0 N–H and O–H groups in total. The van der Waals surface area contributed by atoms with E-state index in [-0.39, 0.29) is 0 Å². The number of anilines is 2. The number of hydrogen-bond donors (Lipinski definition) is 0. The Morgan fingerprint density at radius 1 is 0.875 bits per heavy atom. The molecule has 2 aromatic heterocycles.